The van der Waals surface area contributed by atoms with E-state index in [-0.39, 0.29) is 0 Å². The number of carbonyl (C=O) groups is 1. The maximum atomic E-state index is 10.6. The molecule has 5 heteroatoms. The van der Waals surface area contributed by atoms with E-state index in [9.17, 15) is 4.79 Å². The van der Waals surface area contributed by atoms with Gasteiger partial charge in [-0.1, -0.05) is 0 Å². The lowest BCUT2D eigenvalue weighted by Gasteiger charge is -1.96. The molecule has 0 aliphatic carbocycles. The van der Waals surface area contributed by atoms with E-state index in [1.165, 1.54) is 0 Å². The normalized spacial score (nSPS) is 10.9. The minimum atomic E-state index is 0.379. The fourth-order valence-electron chi connectivity index (χ4n) is 1.61. The van der Waals surface area contributed by atoms with Crippen LogP contribution in [0.1, 0.15) is 11.4 Å². The van der Waals surface area contributed by atoms with Crippen molar-refractivity contribution in [3.63, 3.8) is 0 Å². The number of carbonyl (C=O) groups excluding carboxylic acids is 1. The molecule has 0 unspecified atom stereocenters. The zero-order chi connectivity index (χ0) is 11.0. The Hall–Kier alpha value is -1.23. The van der Waals surface area contributed by atoms with E-state index in [2.05, 4.69) is 25.9 Å². The van der Waals surface area contributed by atoms with Crippen molar-refractivity contribution in [3.8, 4) is 0 Å². The highest BCUT2D eigenvalue weighted by Gasteiger charge is 2.13. The average molecular weight is 268 g/mol. The summed E-state index contributed by atoms with van der Waals surface area (Å²) in [7, 11) is 1.91. The van der Waals surface area contributed by atoms with E-state index >= 15 is 0 Å². The molecule has 0 aromatic carbocycles. The quantitative estimate of drug-likeness (QED) is 0.780. The Morgan fingerprint density at radius 1 is 1.60 bits per heavy atom. The molecule has 15 heavy (non-hydrogen) atoms. The lowest BCUT2D eigenvalue weighted by Crippen LogP contribution is -1.92. The van der Waals surface area contributed by atoms with E-state index in [1.807, 2.05) is 18.5 Å². The summed E-state index contributed by atoms with van der Waals surface area (Å²) in [4.78, 5) is 19.1. The van der Waals surface area contributed by atoms with Gasteiger partial charge in [0, 0.05) is 30.6 Å². The smallest absolute Gasteiger partial charge is 0.144 e. The van der Waals surface area contributed by atoms with Crippen molar-refractivity contribution in [2.45, 2.75) is 13.3 Å². The molecular weight excluding hydrogens is 258 g/mol. The van der Waals surface area contributed by atoms with Gasteiger partial charge in [0.25, 0.3) is 0 Å². The van der Waals surface area contributed by atoms with Crippen LogP contribution in [0.3, 0.4) is 0 Å². The zero-order valence-electron chi connectivity index (χ0n) is 8.49. The number of nitrogens with zero attached hydrogens (tertiary/aromatic N) is 3. The fraction of sp³-hybridized carbons (Fsp3) is 0.300. The molecule has 78 valence electrons. The van der Waals surface area contributed by atoms with Crippen LogP contribution >= 0.6 is 15.9 Å². The maximum absolute atomic E-state index is 10.6. The Kier molecular flexibility index (Phi) is 2.56. The van der Waals surface area contributed by atoms with Crippen LogP contribution < -0.4 is 0 Å². The second kappa shape index (κ2) is 3.73. The van der Waals surface area contributed by atoms with E-state index in [0.29, 0.717) is 6.42 Å². The summed E-state index contributed by atoms with van der Waals surface area (Å²) in [6.07, 6.45) is 3.03. The molecule has 4 nitrogen and oxygen atoms in total. The largest absolute Gasteiger partial charge is 0.323 e. The second-order valence-electron chi connectivity index (χ2n) is 3.35. The lowest BCUT2D eigenvalue weighted by atomic mass is 10.2. The summed E-state index contributed by atoms with van der Waals surface area (Å²) in [6.45, 7) is 1.85. The van der Waals surface area contributed by atoms with E-state index in [0.717, 1.165) is 33.3 Å². The number of hydrogen-bond acceptors (Lipinski definition) is 3. The van der Waals surface area contributed by atoms with E-state index in [1.54, 1.807) is 6.20 Å². The van der Waals surface area contributed by atoms with Gasteiger partial charge in [-0.05, 0) is 22.9 Å². The molecule has 0 spiro atoms. The summed E-state index contributed by atoms with van der Waals surface area (Å²) in [5.41, 5.74) is 1.80. The van der Waals surface area contributed by atoms with Crippen LogP contribution in [0.15, 0.2) is 10.8 Å². The van der Waals surface area contributed by atoms with Gasteiger partial charge in [-0.25, -0.2) is 9.97 Å². The Balaban J connectivity index is 2.80. The molecule has 2 aromatic rings. The van der Waals surface area contributed by atoms with Crippen LogP contribution in [0.5, 0.6) is 0 Å². The number of halogens is 1. The highest BCUT2D eigenvalue weighted by atomic mass is 79.9. The van der Waals surface area contributed by atoms with Crippen molar-refractivity contribution >= 4 is 33.2 Å². The highest BCUT2D eigenvalue weighted by Crippen LogP contribution is 2.27. The van der Waals surface area contributed by atoms with Gasteiger partial charge in [-0.2, -0.15) is 0 Å². The van der Waals surface area contributed by atoms with Crippen LogP contribution in [0.4, 0.5) is 0 Å². The van der Waals surface area contributed by atoms with Crippen molar-refractivity contribution in [1.82, 2.24) is 14.5 Å². The average Bonchev–Trinajstić information content (AvgIpc) is 2.44. The molecule has 0 radical (unpaired) electrons. The topological polar surface area (TPSA) is 47.8 Å². The lowest BCUT2D eigenvalue weighted by molar-refractivity contribution is -0.107. The molecule has 0 saturated carbocycles. The molecule has 0 N–H and O–H groups in total. The van der Waals surface area contributed by atoms with Gasteiger partial charge in [0.05, 0.1) is 4.60 Å². The third kappa shape index (κ3) is 1.56. The first-order valence-corrected chi connectivity index (χ1v) is 5.34. The summed E-state index contributed by atoms with van der Waals surface area (Å²) in [6, 6.07) is 0. The van der Waals surface area contributed by atoms with Crippen molar-refractivity contribution in [2.24, 2.45) is 7.05 Å². The van der Waals surface area contributed by atoms with Crippen molar-refractivity contribution in [1.29, 1.82) is 0 Å². The van der Waals surface area contributed by atoms with E-state index in [4.69, 9.17) is 0 Å². The standard InChI is InChI=1S/C10H10BrN3O/c1-6-12-5-8-7(3-4-15)9(11)14(2)10(8)13-6/h4-5H,3H2,1-2H3. The predicted octanol–water partition coefficient (Wildman–Crippen LogP) is 1.78. The molecule has 0 aliphatic heterocycles. The highest BCUT2D eigenvalue weighted by molar-refractivity contribution is 9.10. The first-order valence-electron chi connectivity index (χ1n) is 4.55. The first kappa shape index (κ1) is 10.3. The molecular formula is C10H10BrN3O. The number of aromatic nitrogens is 3. The second-order valence-corrected chi connectivity index (χ2v) is 4.10. The molecule has 2 aromatic heterocycles. The van der Waals surface area contributed by atoms with Gasteiger partial charge in [0.15, 0.2) is 0 Å². The Morgan fingerprint density at radius 3 is 3.00 bits per heavy atom. The summed E-state index contributed by atoms with van der Waals surface area (Å²) < 4.78 is 2.81. The van der Waals surface area contributed by atoms with Crippen LogP contribution in [-0.4, -0.2) is 20.8 Å². The van der Waals surface area contributed by atoms with E-state index < -0.39 is 0 Å². The van der Waals surface area contributed by atoms with Crippen LogP contribution in [0.25, 0.3) is 11.0 Å². The third-order valence-electron chi connectivity index (χ3n) is 2.36. The third-order valence-corrected chi connectivity index (χ3v) is 3.37. The molecule has 0 atom stereocenters. The Morgan fingerprint density at radius 2 is 2.33 bits per heavy atom. The summed E-state index contributed by atoms with van der Waals surface area (Å²) >= 11 is 3.46. The van der Waals surface area contributed by atoms with Crippen LogP contribution in [-0.2, 0) is 18.3 Å². The zero-order valence-corrected chi connectivity index (χ0v) is 10.1. The minimum Gasteiger partial charge on any atom is -0.323 e. The molecule has 0 bridgehead atoms. The van der Waals surface area contributed by atoms with Crippen LogP contribution in [0.2, 0.25) is 0 Å². The van der Waals surface area contributed by atoms with Crippen LogP contribution in [0, 0.1) is 6.92 Å². The van der Waals surface area contributed by atoms with Gasteiger partial charge < -0.3 is 9.36 Å². The first-order chi connectivity index (χ1) is 7.15. The predicted molar refractivity (Wildman–Crippen MR) is 60.7 cm³/mol. The number of fused-ring (bicyclic) bond motifs is 1. The minimum absolute atomic E-state index is 0.379. The molecule has 2 heterocycles. The number of rotatable bonds is 2. The molecule has 0 fully saturated rings. The SMILES string of the molecule is Cc1ncc2c(CC=O)c(Br)n(C)c2n1. The van der Waals surface area contributed by atoms with Gasteiger partial charge in [0.2, 0.25) is 0 Å². The van der Waals surface area contributed by atoms with Crippen molar-refractivity contribution in [2.75, 3.05) is 0 Å². The van der Waals surface area contributed by atoms with Gasteiger partial charge in [-0.15, -0.1) is 0 Å². The molecule has 2 rings (SSSR count). The van der Waals surface area contributed by atoms with Gasteiger partial charge in [0.1, 0.15) is 17.8 Å². The molecule has 0 aliphatic rings. The Labute approximate surface area is 95.5 Å². The van der Waals surface area contributed by atoms with Crippen molar-refractivity contribution < 1.29 is 4.79 Å². The molecule has 0 saturated heterocycles. The monoisotopic (exact) mass is 267 g/mol. The summed E-state index contributed by atoms with van der Waals surface area (Å²) in [5.74, 6) is 0.730. The Bertz CT molecular complexity index is 533. The number of hydrogen-bond donors (Lipinski definition) is 0. The number of aldehydes is 1. The van der Waals surface area contributed by atoms with Gasteiger partial charge >= 0.3 is 0 Å². The van der Waals surface area contributed by atoms with Gasteiger partial charge in [-0.3, -0.25) is 0 Å². The maximum Gasteiger partial charge on any atom is 0.144 e. The van der Waals surface area contributed by atoms with Crippen molar-refractivity contribution in [3.05, 3.63) is 22.2 Å². The molecule has 0 amide bonds. The number of aryl methyl sites for hydroxylation is 2. The fourth-order valence-corrected chi connectivity index (χ4v) is 2.15. The summed E-state index contributed by atoms with van der Waals surface area (Å²) in [5, 5.41) is 0.932.